The maximum Gasteiger partial charge on any atom is 0.416 e. The standard InChI is InChI=1S/C21H19F3N2O3/c1-27-16-9-14(10-17(11-16)29-15-5-7-28-12-15)26-20-4-6-25-19-3-2-13(8-18(19)20)21(22,23)24/h2-4,6,8-11,15H,5,7,12H2,1H3,(H,25,26). The highest BCUT2D eigenvalue weighted by molar-refractivity contribution is 5.93. The van der Waals surface area contributed by atoms with E-state index in [1.807, 2.05) is 0 Å². The number of methoxy groups -OCH3 is 1. The lowest BCUT2D eigenvalue weighted by molar-refractivity contribution is -0.137. The van der Waals surface area contributed by atoms with Crippen LogP contribution in [0.1, 0.15) is 12.0 Å². The Hall–Kier alpha value is -3.00. The van der Waals surface area contributed by atoms with Crippen molar-refractivity contribution >= 4 is 22.3 Å². The molecule has 0 aliphatic carbocycles. The van der Waals surface area contributed by atoms with Crippen molar-refractivity contribution in [1.82, 2.24) is 4.98 Å². The maximum absolute atomic E-state index is 13.1. The zero-order valence-electron chi connectivity index (χ0n) is 15.6. The summed E-state index contributed by atoms with van der Waals surface area (Å²) in [7, 11) is 1.54. The van der Waals surface area contributed by atoms with Gasteiger partial charge in [0.05, 0.1) is 31.4 Å². The lowest BCUT2D eigenvalue weighted by Gasteiger charge is -2.16. The number of nitrogens with one attached hydrogen (secondary N) is 1. The molecule has 3 aromatic rings. The molecule has 8 heteroatoms. The molecule has 152 valence electrons. The summed E-state index contributed by atoms with van der Waals surface area (Å²) in [6.07, 6.45) is -2.12. The first-order valence-corrected chi connectivity index (χ1v) is 9.09. The highest BCUT2D eigenvalue weighted by atomic mass is 19.4. The third-order valence-electron chi connectivity index (χ3n) is 4.65. The number of rotatable bonds is 5. The van der Waals surface area contributed by atoms with Crippen LogP contribution in [0, 0.1) is 0 Å². The Morgan fingerprint density at radius 1 is 1.10 bits per heavy atom. The van der Waals surface area contributed by atoms with Gasteiger partial charge in [-0.3, -0.25) is 4.98 Å². The van der Waals surface area contributed by atoms with Crippen LogP contribution in [-0.4, -0.2) is 31.4 Å². The molecule has 1 saturated heterocycles. The molecule has 1 aliphatic rings. The molecule has 2 heterocycles. The fourth-order valence-electron chi connectivity index (χ4n) is 3.22. The summed E-state index contributed by atoms with van der Waals surface area (Å²) in [5.74, 6) is 1.16. The summed E-state index contributed by atoms with van der Waals surface area (Å²) in [6.45, 7) is 1.18. The summed E-state index contributed by atoms with van der Waals surface area (Å²) < 4.78 is 56.0. The lowest BCUT2D eigenvalue weighted by atomic mass is 10.1. The molecule has 2 aromatic carbocycles. The summed E-state index contributed by atoms with van der Waals surface area (Å²) in [6, 6.07) is 10.4. The second-order valence-electron chi connectivity index (χ2n) is 6.71. The van der Waals surface area contributed by atoms with Gasteiger partial charge in [-0.05, 0) is 24.3 Å². The van der Waals surface area contributed by atoms with Crippen LogP contribution in [0.4, 0.5) is 24.5 Å². The summed E-state index contributed by atoms with van der Waals surface area (Å²) in [5.41, 5.74) is 0.870. The van der Waals surface area contributed by atoms with Crippen LogP contribution in [0.25, 0.3) is 10.9 Å². The molecule has 5 nitrogen and oxygen atoms in total. The van der Waals surface area contributed by atoms with Crippen molar-refractivity contribution in [3.63, 3.8) is 0 Å². The van der Waals surface area contributed by atoms with Crippen molar-refractivity contribution in [2.75, 3.05) is 25.6 Å². The largest absolute Gasteiger partial charge is 0.497 e. The third-order valence-corrected chi connectivity index (χ3v) is 4.65. The quantitative estimate of drug-likeness (QED) is 0.636. The lowest BCUT2D eigenvalue weighted by Crippen LogP contribution is -2.15. The van der Waals surface area contributed by atoms with E-state index in [1.165, 1.54) is 6.07 Å². The van der Waals surface area contributed by atoms with Crippen LogP contribution in [0.2, 0.25) is 0 Å². The van der Waals surface area contributed by atoms with Crippen molar-refractivity contribution in [2.45, 2.75) is 18.7 Å². The van der Waals surface area contributed by atoms with Crippen LogP contribution in [0.3, 0.4) is 0 Å². The normalized spacial score (nSPS) is 16.8. The summed E-state index contributed by atoms with van der Waals surface area (Å²) >= 11 is 0. The van der Waals surface area contributed by atoms with Gasteiger partial charge in [0, 0.05) is 47.6 Å². The zero-order valence-corrected chi connectivity index (χ0v) is 15.6. The molecule has 0 bridgehead atoms. The first-order valence-electron chi connectivity index (χ1n) is 9.09. The van der Waals surface area contributed by atoms with E-state index < -0.39 is 11.7 Å². The molecule has 0 spiro atoms. The smallest absolute Gasteiger partial charge is 0.416 e. The van der Waals surface area contributed by atoms with Crippen LogP contribution in [0.5, 0.6) is 11.5 Å². The van der Waals surface area contributed by atoms with Gasteiger partial charge in [-0.1, -0.05) is 0 Å². The zero-order chi connectivity index (χ0) is 20.4. The number of hydrogen-bond donors (Lipinski definition) is 1. The Labute approximate surface area is 165 Å². The van der Waals surface area contributed by atoms with E-state index in [9.17, 15) is 13.2 Å². The van der Waals surface area contributed by atoms with Gasteiger partial charge in [0.1, 0.15) is 17.6 Å². The van der Waals surface area contributed by atoms with Crippen molar-refractivity contribution in [3.05, 3.63) is 54.2 Å². The number of hydrogen-bond acceptors (Lipinski definition) is 5. The molecular weight excluding hydrogens is 385 g/mol. The number of aromatic nitrogens is 1. The number of ether oxygens (including phenoxy) is 3. The molecule has 0 radical (unpaired) electrons. The Kier molecular flexibility index (Phi) is 5.19. The van der Waals surface area contributed by atoms with Gasteiger partial charge in [0.25, 0.3) is 0 Å². The molecule has 1 fully saturated rings. The average Bonchev–Trinajstić information content (AvgIpc) is 3.20. The minimum atomic E-state index is -4.43. The SMILES string of the molecule is COc1cc(Nc2ccnc3ccc(C(F)(F)F)cc23)cc(OC2CCOC2)c1. The minimum Gasteiger partial charge on any atom is -0.497 e. The molecule has 1 N–H and O–H groups in total. The number of benzene rings is 2. The van der Waals surface area contributed by atoms with Gasteiger partial charge in [0.2, 0.25) is 0 Å². The van der Waals surface area contributed by atoms with E-state index in [4.69, 9.17) is 14.2 Å². The number of fused-ring (bicyclic) bond motifs is 1. The molecule has 0 saturated carbocycles. The first kappa shape index (κ1) is 19.3. The van der Waals surface area contributed by atoms with E-state index >= 15 is 0 Å². The van der Waals surface area contributed by atoms with E-state index in [1.54, 1.807) is 37.6 Å². The van der Waals surface area contributed by atoms with Crippen molar-refractivity contribution in [2.24, 2.45) is 0 Å². The van der Waals surface area contributed by atoms with E-state index in [0.717, 1.165) is 18.6 Å². The third kappa shape index (κ3) is 4.37. The second kappa shape index (κ2) is 7.79. The van der Waals surface area contributed by atoms with Gasteiger partial charge in [-0.15, -0.1) is 0 Å². The van der Waals surface area contributed by atoms with Crippen LogP contribution in [0.15, 0.2) is 48.7 Å². The second-order valence-corrected chi connectivity index (χ2v) is 6.71. The van der Waals surface area contributed by atoms with Crippen LogP contribution in [-0.2, 0) is 10.9 Å². The van der Waals surface area contributed by atoms with Crippen LogP contribution < -0.4 is 14.8 Å². The van der Waals surface area contributed by atoms with E-state index in [-0.39, 0.29) is 6.10 Å². The molecular formula is C21H19F3N2O3. The fourth-order valence-corrected chi connectivity index (χ4v) is 3.22. The molecule has 4 rings (SSSR count). The van der Waals surface area contributed by atoms with Gasteiger partial charge in [0.15, 0.2) is 0 Å². The molecule has 1 aliphatic heterocycles. The summed E-state index contributed by atoms with van der Waals surface area (Å²) in [4.78, 5) is 4.16. The van der Waals surface area contributed by atoms with Crippen molar-refractivity contribution in [3.8, 4) is 11.5 Å². The Bertz CT molecular complexity index is 1020. The van der Waals surface area contributed by atoms with Gasteiger partial charge in [-0.25, -0.2) is 0 Å². The predicted octanol–water partition coefficient (Wildman–Crippen LogP) is 5.17. The van der Waals surface area contributed by atoms with Gasteiger partial charge < -0.3 is 19.5 Å². The molecule has 1 atom stereocenters. The monoisotopic (exact) mass is 404 g/mol. The van der Waals surface area contributed by atoms with E-state index in [2.05, 4.69) is 10.3 Å². The number of alkyl halides is 3. The van der Waals surface area contributed by atoms with Gasteiger partial charge >= 0.3 is 6.18 Å². The number of nitrogens with zero attached hydrogens (tertiary/aromatic N) is 1. The van der Waals surface area contributed by atoms with Crippen molar-refractivity contribution in [1.29, 1.82) is 0 Å². The molecule has 29 heavy (non-hydrogen) atoms. The number of pyridine rings is 1. The minimum absolute atomic E-state index is 0.0361. The highest BCUT2D eigenvalue weighted by Crippen LogP contribution is 2.35. The Morgan fingerprint density at radius 3 is 2.66 bits per heavy atom. The number of halogens is 3. The summed E-state index contributed by atoms with van der Waals surface area (Å²) in [5, 5.41) is 3.54. The predicted molar refractivity (Wildman–Crippen MR) is 103 cm³/mol. The Balaban J connectivity index is 1.68. The fraction of sp³-hybridized carbons (Fsp3) is 0.286. The van der Waals surface area contributed by atoms with Gasteiger partial charge in [-0.2, -0.15) is 13.2 Å². The first-order chi connectivity index (χ1) is 13.9. The topological polar surface area (TPSA) is 52.6 Å². The molecule has 0 amide bonds. The van der Waals surface area contributed by atoms with E-state index in [0.29, 0.717) is 47.0 Å². The maximum atomic E-state index is 13.1. The highest BCUT2D eigenvalue weighted by Gasteiger charge is 2.30. The van der Waals surface area contributed by atoms with Crippen molar-refractivity contribution < 1.29 is 27.4 Å². The number of anilines is 2. The van der Waals surface area contributed by atoms with Crippen LogP contribution >= 0.6 is 0 Å². The molecule has 1 aromatic heterocycles. The average molecular weight is 404 g/mol. The Morgan fingerprint density at radius 2 is 1.93 bits per heavy atom. The molecule has 1 unspecified atom stereocenters.